The summed E-state index contributed by atoms with van der Waals surface area (Å²) in [5, 5.41) is 24.6. The van der Waals surface area contributed by atoms with E-state index < -0.39 is 5.79 Å². The van der Waals surface area contributed by atoms with Gasteiger partial charge in [0.15, 0.2) is 0 Å². The fraction of sp³-hybridized carbons (Fsp3) is 0.426. The molecule has 3 aliphatic rings. The van der Waals surface area contributed by atoms with E-state index in [1.165, 1.54) is 4.90 Å². The zero-order valence-electron chi connectivity index (χ0n) is 33.3. The van der Waals surface area contributed by atoms with Gasteiger partial charge < -0.3 is 29.3 Å². The third kappa shape index (κ3) is 9.83. The van der Waals surface area contributed by atoms with E-state index >= 15 is 0 Å². The monoisotopic (exact) mass is 821 g/mol. The molecule has 306 valence electrons. The Labute approximate surface area is 351 Å². The highest BCUT2D eigenvalue weighted by molar-refractivity contribution is 8.00. The summed E-state index contributed by atoms with van der Waals surface area (Å²) in [4.78, 5) is 16.2. The lowest BCUT2D eigenvalue weighted by molar-refractivity contribution is -0.223. The van der Waals surface area contributed by atoms with E-state index in [1.54, 1.807) is 30.2 Å². The minimum absolute atomic E-state index is 0.0310. The minimum Gasteiger partial charge on any atom is -0.460 e. The lowest BCUT2D eigenvalue weighted by atomic mass is 9.56. The molecule has 1 aromatic heterocycles. The van der Waals surface area contributed by atoms with E-state index in [4.69, 9.17) is 24.2 Å². The third-order valence-electron chi connectivity index (χ3n) is 11.5. The quantitative estimate of drug-likeness (QED) is 0.0364. The second-order valence-electron chi connectivity index (χ2n) is 15.1. The van der Waals surface area contributed by atoms with Crippen molar-refractivity contribution in [2.75, 3.05) is 31.8 Å². The summed E-state index contributed by atoms with van der Waals surface area (Å²) >= 11 is 3.52. The molecule has 2 N–H and O–H groups in total. The highest BCUT2D eigenvalue weighted by Crippen LogP contribution is 2.62. The summed E-state index contributed by atoms with van der Waals surface area (Å²) in [5.41, 5.74) is 5.08. The Morgan fingerprint density at radius 1 is 0.966 bits per heavy atom. The number of thioether (sulfide) groups is 2. The minimum atomic E-state index is -1.05. The molecule has 2 heterocycles. The van der Waals surface area contributed by atoms with Crippen molar-refractivity contribution in [1.82, 2.24) is 9.97 Å². The molecule has 2 aliphatic carbocycles. The van der Waals surface area contributed by atoms with Gasteiger partial charge in [0.1, 0.15) is 23.9 Å². The van der Waals surface area contributed by atoms with Crippen LogP contribution in [0, 0.1) is 17.8 Å². The summed E-state index contributed by atoms with van der Waals surface area (Å²) in [5.74, 6) is 2.15. The number of oxime groups is 1. The molecule has 1 saturated carbocycles. The van der Waals surface area contributed by atoms with Crippen LogP contribution >= 0.6 is 23.5 Å². The van der Waals surface area contributed by atoms with Crippen molar-refractivity contribution in [3.8, 4) is 17.2 Å². The van der Waals surface area contributed by atoms with Crippen LogP contribution < -0.4 is 9.47 Å². The van der Waals surface area contributed by atoms with E-state index in [0.717, 1.165) is 96.1 Å². The van der Waals surface area contributed by atoms with Crippen molar-refractivity contribution in [1.29, 1.82) is 0 Å². The molecule has 3 aromatic carbocycles. The van der Waals surface area contributed by atoms with Gasteiger partial charge in [0.25, 0.3) is 0 Å². The highest BCUT2D eigenvalue weighted by Gasteiger charge is 2.64. The summed E-state index contributed by atoms with van der Waals surface area (Å²) in [6.45, 7) is 5.04. The molecule has 0 bridgehead atoms. The lowest BCUT2D eigenvalue weighted by Crippen LogP contribution is -2.64. The smallest absolute Gasteiger partial charge is 0.230 e. The highest BCUT2D eigenvalue weighted by atomic mass is 32.2. The average Bonchev–Trinajstić information content (AvgIpc) is 3.26. The molecule has 0 unspecified atom stereocenters. The predicted octanol–water partition coefficient (Wildman–Crippen LogP) is 9.80. The van der Waals surface area contributed by atoms with Gasteiger partial charge in [-0.1, -0.05) is 60.5 Å². The molecule has 1 aliphatic heterocycles. The SMILES string of the molecule is C=CCO[C@@]12Oc3ccc(Oc4ccc(SC)cc4)cc3[C@H]3[C@H](CCCCO)[C@@H](CCCCO)C=C(C(=NOCc4ccccc4)C[C@@H]1SCCc1cnccn1)[C@H]32. The number of ether oxygens (including phenoxy) is 3. The van der Waals surface area contributed by atoms with Gasteiger partial charge in [0.05, 0.1) is 29.2 Å². The Balaban J connectivity index is 1.35. The Morgan fingerprint density at radius 3 is 2.50 bits per heavy atom. The molecule has 6 atom stereocenters. The number of allylic oxidation sites excluding steroid dienone is 1. The van der Waals surface area contributed by atoms with Crippen molar-refractivity contribution in [3.63, 3.8) is 0 Å². The average molecular weight is 822 g/mol. The summed E-state index contributed by atoms with van der Waals surface area (Å²) in [6, 6.07) is 24.5. The number of nitrogens with zero attached hydrogens (tertiary/aromatic N) is 3. The Bertz CT molecular complexity index is 1980. The number of aliphatic hydroxyl groups is 2. The zero-order chi connectivity index (χ0) is 40.2. The zero-order valence-corrected chi connectivity index (χ0v) is 34.9. The van der Waals surface area contributed by atoms with Gasteiger partial charge in [0, 0.05) is 61.0 Å². The first-order valence-corrected chi connectivity index (χ1v) is 22.8. The van der Waals surface area contributed by atoms with Crippen LogP contribution in [0.2, 0.25) is 0 Å². The first kappa shape index (κ1) is 42.0. The van der Waals surface area contributed by atoms with Crippen LogP contribution in [0.5, 0.6) is 17.2 Å². The fourth-order valence-electron chi connectivity index (χ4n) is 8.84. The van der Waals surface area contributed by atoms with Gasteiger partial charge in [0.2, 0.25) is 5.79 Å². The van der Waals surface area contributed by atoms with E-state index in [2.05, 4.69) is 47.1 Å². The Hall–Kier alpha value is -4.13. The van der Waals surface area contributed by atoms with Crippen molar-refractivity contribution >= 4 is 29.2 Å². The molecule has 1 fully saturated rings. The number of aliphatic hydroxyl groups excluding tert-OH is 2. The number of fused-ring (bicyclic) bond motifs is 2. The van der Waals surface area contributed by atoms with Crippen LogP contribution in [-0.4, -0.2) is 68.8 Å². The first-order chi connectivity index (χ1) is 28.6. The van der Waals surface area contributed by atoms with E-state index in [9.17, 15) is 10.2 Å². The van der Waals surface area contributed by atoms with Gasteiger partial charge in [-0.3, -0.25) is 9.97 Å². The molecule has 9 nitrogen and oxygen atoms in total. The standard InChI is InChI=1S/C47H55N3O6S2/c1-3-26-53-47-44(58-27-21-35-31-48-22-23-49-35)30-42(50-54-32-33-11-5-4-6-12-33)40-28-34(13-7-9-24-51)39(14-8-10-25-52)45(46(40)47)41-29-37(17-20-43(41)56-47)55-36-15-18-38(57-2)19-16-36/h3-6,11-12,15-20,22-23,28-29,31,34,39,44-46,51-52H,1,7-10,13-14,21,24-27,30,32H2,2H3/t34-,39+,44-,45+,46+,47+/m0/s1. The molecule has 0 spiro atoms. The van der Waals surface area contributed by atoms with Gasteiger partial charge in [-0.15, -0.1) is 18.3 Å². The van der Waals surface area contributed by atoms with Crippen LogP contribution in [-0.2, 0) is 22.6 Å². The molecule has 4 aromatic rings. The summed E-state index contributed by atoms with van der Waals surface area (Å²) in [6.07, 6.45) is 18.0. The summed E-state index contributed by atoms with van der Waals surface area (Å²) in [7, 11) is 0. The number of benzene rings is 3. The van der Waals surface area contributed by atoms with Crippen LogP contribution in [0.25, 0.3) is 0 Å². The maximum absolute atomic E-state index is 9.96. The van der Waals surface area contributed by atoms with Gasteiger partial charge >= 0.3 is 0 Å². The number of aryl methyl sites for hydroxylation is 1. The largest absolute Gasteiger partial charge is 0.460 e. The van der Waals surface area contributed by atoms with Crippen molar-refractivity contribution < 1.29 is 29.3 Å². The number of hydrogen-bond donors (Lipinski definition) is 2. The van der Waals surface area contributed by atoms with Crippen molar-refractivity contribution in [3.05, 3.63) is 133 Å². The van der Waals surface area contributed by atoms with E-state index in [-0.39, 0.29) is 42.1 Å². The van der Waals surface area contributed by atoms with Gasteiger partial charge in [-0.25, -0.2) is 0 Å². The number of hydrogen-bond acceptors (Lipinski definition) is 11. The molecule has 0 saturated heterocycles. The first-order valence-electron chi connectivity index (χ1n) is 20.5. The maximum atomic E-state index is 9.96. The number of unbranched alkanes of at least 4 members (excludes halogenated alkanes) is 2. The van der Waals surface area contributed by atoms with Crippen molar-refractivity contribution in [2.24, 2.45) is 22.9 Å². The van der Waals surface area contributed by atoms with Gasteiger partial charge in [-0.2, -0.15) is 11.8 Å². The number of rotatable bonds is 21. The second-order valence-corrected chi connectivity index (χ2v) is 17.3. The van der Waals surface area contributed by atoms with Crippen LogP contribution in [0.3, 0.4) is 0 Å². The Kier molecular flexibility index (Phi) is 15.0. The lowest BCUT2D eigenvalue weighted by Gasteiger charge is -2.58. The van der Waals surface area contributed by atoms with Crippen molar-refractivity contribution in [2.45, 2.75) is 79.8 Å². The molecule has 58 heavy (non-hydrogen) atoms. The second kappa shape index (κ2) is 20.7. The van der Waals surface area contributed by atoms with Crippen LogP contribution in [0.4, 0.5) is 0 Å². The third-order valence-corrected chi connectivity index (χ3v) is 13.5. The number of aromatic nitrogens is 2. The van der Waals surface area contributed by atoms with Crippen LogP contribution in [0.1, 0.15) is 67.7 Å². The molecule has 0 radical (unpaired) electrons. The normalized spacial score (nSPS) is 23.9. The molecule has 7 rings (SSSR count). The maximum Gasteiger partial charge on any atom is 0.230 e. The topological polar surface area (TPSA) is 116 Å². The molecule has 0 amide bonds. The van der Waals surface area contributed by atoms with Crippen LogP contribution in [0.15, 0.2) is 126 Å². The predicted molar refractivity (Wildman–Crippen MR) is 233 cm³/mol. The molecule has 11 heteroatoms. The summed E-state index contributed by atoms with van der Waals surface area (Å²) < 4.78 is 21.0. The fourth-order valence-corrected chi connectivity index (χ4v) is 10.6. The Morgan fingerprint density at radius 2 is 1.76 bits per heavy atom. The van der Waals surface area contributed by atoms with E-state index in [1.807, 2.05) is 72.6 Å². The molecular weight excluding hydrogens is 767 g/mol. The van der Waals surface area contributed by atoms with E-state index in [0.29, 0.717) is 19.6 Å². The van der Waals surface area contributed by atoms with Gasteiger partial charge in [-0.05, 0) is 103 Å². The molecular formula is C47H55N3O6S2.